The van der Waals surface area contributed by atoms with Crippen molar-refractivity contribution >= 4 is 5.57 Å². The van der Waals surface area contributed by atoms with Gasteiger partial charge in [-0.25, -0.2) is 0 Å². The molecule has 0 radical (unpaired) electrons. The van der Waals surface area contributed by atoms with E-state index in [0.29, 0.717) is 13.2 Å². The summed E-state index contributed by atoms with van der Waals surface area (Å²) in [5, 5.41) is 8.79. The fourth-order valence-electron chi connectivity index (χ4n) is 1.97. The Morgan fingerprint density at radius 2 is 2.00 bits per heavy atom. The maximum Gasteiger partial charge on any atom is 0.189 e. The molecule has 4 heteroatoms. The van der Waals surface area contributed by atoms with Crippen molar-refractivity contribution < 1.29 is 14.2 Å². The Balaban J connectivity index is 2.93. The van der Waals surface area contributed by atoms with E-state index in [2.05, 4.69) is 32.9 Å². The van der Waals surface area contributed by atoms with Crippen LogP contribution in [0.3, 0.4) is 0 Å². The van der Waals surface area contributed by atoms with Crippen molar-refractivity contribution in [2.24, 2.45) is 0 Å². The van der Waals surface area contributed by atoms with E-state index in [1.54, 1.807) is 13.2 Å². The van der Waals surface area contributed by atoms with Gasteiger partial charge in [-0.1, -0.05) is 26.8 Å². The topological polar surface area (TPSA) is 51.5 Å². The Morgan fingerprint density at radius 3 is 2.59 bits per heavy atom. The zero-order valence-electron chi connectivity index (χ0n) is 14.1. The van der Waals surface area contributed by atoms with E-state index in [1.165, 1.54) is 0 Å². The lowest BCUT2D eigenvalue weighted by Gasteiger charge is -2.24. The molecule has 0 unspecified atom stereocenters. The lowest BCUT2D eigenvalue weighted by Crippen LogP contribution is -2.15. The van der Waals surface area contributed by atoms with Crippen LogP contribution in [0.25, 0.3) is 5.57 Å². The second-order valence-corrected chi connectivity index (χ2v) is 6.08. The molecule has 0 spiro atoms. The summed E-state index contributed by atoms with van der Waals surface area (Å²) in [7, 11) is 1.64. The predicted octanol–water partition coefficient (Wildman–Crippen LogP) is 3.91. The summed E-state index contributed by atoms with van der Waals surface area (Å²) >= 11 is 0. The summed E-state index contributed by atoms with van der Waals surface area (Å²) in [6, 6.07) is 8.04. The van der Waals surface area contributed by atoms with Crippen LogP contribution < -0.4 is 4.74 Å². The van der Waals surface area contributed by atoms with Gasteiger partial charge >= 0.3 is 0 Å². The minimum Gasteiger partial charge on any atom is -0.467 e. The molecule has 0 amide bonds. The summed E-state index contributed by atoms with van der Waals surface area (Å²) in [6.45, 7) is 9.57. The highest BCUT2D eigenvalue weighted by Crippen LogP contribution is 2.33. The molecule has 0 atom stereocenters. The lowest BCUT2D eigenvalue weighted by atomic mass is 9.84. The van der Waals surface area contributed by atoms with Crippen molar-refractivity contribution in [1.29, 1.82) is 5.26 Å². The summed E-state index contributed by atoms with van der Waals surface area (Å²) in [4.78, 5) is 0. The minimum absolute atomic E-state index is 0.0647. The highest BCUT2D eigenvalue weighted by atomic mass is 16.7. The van der Waals surface area contributed by atoms with Gasteiger partial charge in [0, 0.05) is 18.7 Å². The van der Waals surface area contributed by atoms with Crippen LogP contribution in [-0.2, 0) is 14.9 Å². The molecule has 0 fully saturated rings. The summed E-state index contributed by atoms with van der Waals surface area (Å²) in [5.41, 5.74) is 2.99. The van der Waals surface area contributed by atoms with Crippen molar-refractivity contribution in [3.63, 3.8) is 0 Å². The third-order valence-corrected chi connectivity index (χ3v) is 3.25. The van der Waals surface area contributed by atoms with E-state index >= 15 is 0 Å². The number of hydrogen-bond acceptors (Lipinski definition) is 4. The van der Waals surface area contributed by atoms with Gasteiger partial charge < -0.3 is 14.2 Å². The van der Waals surface area contributed by atoms with Gasteiger partial charge in [-0.2, -0.15) is 5.26 Å². The standard InChI is InChI=1S/C18H25NO3/c1-14(8-9-19)15-6-7-17(16(12-15)18(2,3)4)22-13-21-11-10-20-5/h6-8,12H,10-11,13H2,1-5H3. The number of rotatable bonds is 7. The third kappa shape index (κ3) is 5.51. The Kier molecular flexibility index (Phi) is 7.10. The minimum atomic E-state index is -0.0647. The number of nitriles is 1. The molecule has 1 aromatic rings. The van der Waals surface area contributed by atoms with Crippen LogP contribution in [0.5, 0.6) is 5.75 Å². The van der Waals surface area contributed by atoms with Crippen molar-refractivity contribution in [3.8, 4) is 11.8 Å². The maximum atomic E-state index is 8.79. The first-order valence-electron chi connectivity index (χ1n) is 7.31. The number of hydrogen-bond donors (Lipinski definition) is 0. The largest absolute Gasteiger partial charge is 0.467 e. The zero-order chi connectivity index (χ0) is 16.6. The van der Waals surface area contributed by atoms with Gasteiger partial charge in [0.15, 0.2) is 6.79 Å². The van der Waals surface area contributed by atoms with Gasteiger partial charge in [0.05, 0.1) is 19.3 Å². The molecule has 120 valence electrons. The summed E-state index contributed by atoms with van der Waals surface area (Å²) in [6.07, 6.45) is 1.55. The van der Waals surface area contributed by atoms with Gasteiger partial charge in [-0.05, 0) is 35.6 Å². The van der Waals surface area contributed by atoms with Crippen molar-refractivity contribution in [2.45, 2.75) is 33.1 Å². The molecule has 0 aliphatic carbocycles. The quantitative estimate of drug-likeness (QED) is 0.435. The molecule has 0 aliphatic heterocycles. The number of benzene rings is 1. The third-order valence-electron chi connectivity index (χ3n) is 3.25. The van der Waals surface area contributed by atoms with E-state index in [1.807, 2.05) is 19.1 Å². The Morgan fingerprint density at radius 1 is 1.27 bits per heavy atom. The average Bonchev–Trinajstić information content (AvgIpc) is 2.46. The Bertz CT molecular complexity index is 550. The zero-order valence-corrected chi connectivity index (χ0v) is 14.1. The Hall–Kier alpha value is -1.83. The van der Waals surface area contributed by atoms with Crippen LogP contribution in [0.1, 0.15) is 38.8 Å². The van der Waals surface area contributed by atoms with Gasteiger partial charge in [0.1, 0.15) is 5.75 Å². The number of allylic oxidation sites excluding steroid dienone is 2. The van der Waals surface area contributed by atoms with Crippen LogP contribution in [0.15, 0.2) is 24.3 Å². The highest BCUT2D eigenvalue weighted by Gasteiger charge is 2.20. The van der Waals surface area contributed by atoms with E-state index < -0.39 is 0 Å². The van der Waals surface area contributed by atoms with Gasteiger partial charge in [0.25, 0.3) is 0 Å². The first-order chi connectivity index (χ1) is 10.4. The van der Waals surface area contributed by atoms with Crippen molar-refractivity contribution in [3.05, 3.63) is 35.4 Å². The van der Waals surface area contributed by atoms with E-state index in [-0.39, 0.29) is 12.2 Å². The molecule has 0 N–H and O–H groups in total. The second-order valence-electron chi connectivity index (χ2n) is 6.08. The molecular formula is C18H25NO3. The van der Waals surface area contributed by atoms with Crippen molar-refractivity contribution in [2.75, 3.05) is 27.1 Å². The fraction of sp³-hybridized carbons (Fsp3) is 0.500. The highest BCUT2D eigenvalue weighted by molar-refractivity contribution is 5.67. The van der Waals surface area contributed by atoms with Crippen LogP contribution in [-0.4, -0.2) is 27.1 Å². The summed E-state index contributed by atoms with van der Waals surface area (Å²) in [5.74, 6) is 0.804. The number of methoxy groups -OCH3 is 1. The molecule has 0 bridgehead atoms. The van der Waals surface area contributed by atoms with E-state index in [4.69, 9.17) is 19.5 Å². The maximum absolute atomic E-state index is 8.79. The smallest absolute Gasteiger partial charge is 0.189 e. The van der Waals surface area contributed by atoms with E-state index in [9.17, 15) is 0 Å². The molecule has 0 aromatic heterocycles. The van der Waals surface area contributed by atoms with E-state index in [0.717, 1.165) is 22.4 Å². The van der Waals surface area contributed by atoms with Crippen LogP contribution in [0.4, 0.5) is 0 Å². The molecule has 4 nitrogen and oxygen atoms in total. The molecule has 0 saturated heterocycles. The van der Waals surface area contributed by atoms with Gasteiger partial charge in [-0.15, -0.1) is 0 Å². The molecule has 0 heterocycles. The monoisotopic (exact) mass is 303 g/mol. The van der Waals surface area contributed by atoms with Crippen molar-refractivity contribution in [1.82, 2.24) is 0 Å². The molecular weight excluding hydrogens is 278 g/mol. The first-order valence-corrected chi connectivity index (χ1v) is 7.31. The SMILES string of the molecule is COCCOCOc1ccc(C(C)=CC#N)cc1C(C)(C)C. The van der Waals surface area contributed by atoms with Crippen LogP contribution in [0.2, 0.25) is 0 Å². The predicted molar refractivity (Wildman–Crippen MR) is 87.7 cm³/mol. The molecule has 22 heavy (non-hydrogen) atoms. The van der Waals surface area contributed by atoms with Gasteiger partial charge in [-0.3, -0.25) is 0 Å². The molecule has 1 rings (SSSR count). The van der Waals surface area contributed by atoms with Gasteiger partial charge in [0.2, 0.25) is 0 Å². The summed E-state index contributed by atoms with van der Waals surface area (Å²) < 4.78 is 16.0. The average molecular weight is 303 g/mol. The number of nitrogens with zero attached hydrogens (tertiary/aromatic N) is 1. The normalized spacial score (nSPS) is 12.1. The molecule has 0 saturated carbocycles. The Labute approximate surface area is 133 Å². The molecule has 0 aliphatic rings. The molecule has 1 aromatic carbocycles. The van der Waals surface area contributed by atoms with Crippen LogP contribution in [0, 0.1) is 11.3 Å². The fourth-order valence-corrected chi connectivity index (χ4v) is 1.97. The lowest BCUT2D eigenvalue weighted by molar-refractivity contribution is -0.00918. The second kappa shape index (κ2) is 8.57. The first kappa shape index (κ1) is 18.2. The number of ether oxygens (including phenoxy) is 3. The van der Waals surface area contributed by atoms with Crippen LogP contribution >= 0.6 is 0 Å².